The Hall–Kier alpha value is -1.14. The van der Waals surface area contributed by atoms with Gasteiger partial charge >= 0.3 is 0 Å². The van der Waals surface area contributed by atoms with Crippen LogP contribution in [0.1, 0.15) is 12.8 Å². The minimum atomic E-state index is -0.829. The molecule has 2 rings (SSSR count). The summed E-state index contributed by atoms with van der Waals surface area (Å²) in [5.41, 5.74) is 5.23. The molecule has 90 valence electrons. The Morgan fingerprint density at radius 2 is 2.19 bits per heavy atom. The van der Waals surface area contributed by atoms with Gasteiger partial charge in [0, 0.05) is 19.6 Å². The maximum Gasteiger partial charge on any atom is 0.241 e. The minimum absolute atomic E-state index is 0.103. The summed E-state index contributed by atoms with van der Waals surface area (Å²) in [5, 5.41) is 11.5. The third kappa shape index (κ3) is 1.68. The van der Waals surface area contributed by atoms with Crippen molar-refractivity contribution in [3.63, 3.8) is 0 Å². The highest BCUT2D eigenvalue weighted by Gasteiger charge is 2.48. The molecule has 2 aliphatic rings. The molecular formula is C10H17N3O3. The molecule has 1 spiro atoms. The third-order valence-electron chi connectivity index (χ3n) is 3.62. The van der Waals surface area contributed by atoms with E-state index in [0.717, 1.165) is 6.54 Å². The number of rotatable bonds is 2. The Bertz CT molecular complexity index is 310. The molecule has 6 heteroatoms. The number of nitrogens with zero attached hydrogens (tertiary/aromatic N) is 1. The lowest BCUT2D eigenvalue weighted by Crippen LogP contribution is -2.63. The largest absolute Gasteiger partial charge is 0.394 e. The lowest BCUT2D eigenvalue weighted by atomic mass is 9.72. The molecule has 0 aromatic rings. The summed E-state index contributed by atoms with van der Waals surface area (Å²) < 4.78 is 0. The number of piperidine rings is 1. The molecule has 0 aliphatic carbocycles. The first-order chi connectivity index (χ1) is 7.59. The van der Waals surface area contributed by atoms with Crippen molar-refractivity contribution in [2.24, 2.45) is 11.1 Å². The van der Waals surface area contributed by atoms with Crippen molar-refractivity contribution in [1.82, 2.24) is 10.2 Å². The van der Waals surface area contributed by atoms with Crippen LogP contribution in [0, 0.1) is 5.41 Å². The van der Waals surface area contributed by atoms with E-state index >= 15 is 0 Å². The van der Waals surface area contributed by atoms with Gasteiger partial charge in [-0.25, -0.2) is 0 Å². The predicted octanol–water partition coefficient (Wildman–Crippen LogP) is -1.96. The first-order valence-corrected chi connectivity index (χ1v) is 5.53. The quantitative estimate of drug-likeness (QED) is 0.477. The van der Waals surface area contributed by atoms with E-state index in [2.05, 4.69) is 5.32 Å². The van der Waals surface area contributed by atoms with Crippen molar-refractivity contribution in [3.05, 3.63) is 0 Å². The van der Waals surface area contributed by atoms with Gasteiger partial charge in [-0.1, -0.05) is 0 Å². The van der Waals surface area contributed by atoms with Gasteiger partial charge in [-0.2, -0.15) is 0 Å². The van der Waals surface area contributed by atoms with Gasteiger partial charge in [-0.05, 0) is 12.8 Å². The van der Waals surface area contributed by atoms with Crippen LogP contribution in [-0.2, 0) is 9.59 Å². The van der Waals surface area contributed by atoms with E-state index in [1.54, 1.807) is 4.90 Å². The summed E-state index contributed by atoms with van der Waals surface area (Å²) in [4.78, 5) is 24.7. The second-order valence-corrected chi connectivity index (χ2v) is 4.58. The molecule has 2 fully saturated rings. The normalized spacial score (nSPS) is 24.9. The van der Waals surface area contributed by atoms with Gasteiger partial charge < -0.3 is 21.1 Å². The zero-order chi connectivity index (χ0) is 11.8. The van der Waals surface area contributed by atoms with E-state index in [1.165, 1.54) is 0 Å². The molecule has 0 aromatic carbocycles. The summed E-state index contributed by atoms with van der Waals surface area (Å²) >= 11 is 0. The average molecular weight is 227 g/mol. The molecule has 2 amide bonds. The molecule has 0 bridgehead atoms. The topological polar surface area (TPSA) is 95.7 Å². The van der Waals surface area contributed by atoms with Gasteiger partial charge in [0.25, 0.3) is 0 Å². The Morgan fingerprint density at radius 1 is 1.56 bits per heavy atom. The van der Waals surface area contributed by atoms with Crippen molar-refractivity contribution >= 4 is 11.8 Å². The third-order valence-corrected chi connectivity index (χ3v) is 3.62. The van der Waals surface area contributed by atoms with Crippen molar-refractivity contribution in [2.75, 3.05) is 26.2 Å². The Kier molecular flexibility index (Phi) is 2.86. The van der Waals surface area contributed by atoms with Gasteiger partial charge in [-0.15, -0.1) is 0 Å². The first kappa shape index (κ1) is 11.3. The van der Waals surface area contributed by atoms with E-state index < -0.39 is 6.04 Å². The van der Waals surface area contributed by atoms with Crippen LogP contribution in [0.4, 0.5) is 0 Å². The fourth-order valence-electron chi connectivity index (χ4n) is 2.28. The lowest BCUT2D eigenvalue weighted by molar-refractivity contribution is -0.148. The van der Waals surface area contributed by atoms with Crippen LogP contribution in [0.2, 0.25) is 0 Å². The van der Waals surface area contributed by atoms with Gasteiger partial charge in [0.05, 0.1) is 12.0 Å². The first-order valence-electron chi connectivity index (χ1n) is 5.53. The summed E-state index contributed by atoms with van der Waals surface area (Å²) in [6, 6.07) is -0.829. The Balaban J connectivity index is 1.90. The number of nitrogens with one attached hydrogen (secondary N) is 1. The van der Waals surface area contributed by atoms with Crippen LogP contribution < -0.4 is 11.1 Å². The van der Waals surface area contributed by atoms with E-state index in [9.17, 15) is 9.59 Å². The molecule has 2 aliphatic heterocycles. The van der Waals surface area contributed by atoms with Gasteiger partial charge in [0.15, 0.2) is 0 Å². The zero-order valence-corrected chi connectivity index (χ0v) is 9.11. The molecule has 0 radical (unpaired) electrons. The minimum Gasteiger partial charge on any atom is -0.394 e. The highest BCUT2D eigenvalue weighted by atomic mass is 16.3. The number of aliphatic hydroxyl groups is 1. The number of amides is 2. The smallest absolute Gasteiger partial charge is 0.241 e. The van der Waals surface area contributed by atoms with E-state index in [1.807, 2.05) is 0 Å². The predicted molar refractivity (Wildman–Crippen MR) is 56.3 cm³/mol. The molecule has 16 heavy (non-hydrogen) atoms. The summed E-state index contributed by atoms with van der Waals surface area (Å²) in [7, 11) is 0. The van der Waals surface area contributed by atoms with E-state index in [0.29, 0.717) is 25.9 Å². The van der Waals surface area contributed by atoms with Crippen LogP contribution in [0.5, 0.6) is 0 Å². The molecule has 1 atom stereocenters. The number of likely N-dealkylation sites (tertiary alicyclic amines) is 1. The van der Waals surface area contributed by atoms with Gasteiger partial charge in [-0.3, -0.25) is 9.59 Å². The lowest BCUT2D eigenvalue weighted by Gasteiger charge is -2.46. The monoisotopic (exact) mass is 227 g/mol. The molecule has 0 unspecified atom stereocenters. The fourth-order valence-corrected chi connectivity index (χ4v) is 2.28. The molecule has 4 N–H and O–H groups in total. The highest BCUT2D eigenvalue weighted by molar-refractivity contribution is 5.89. The number of aliphatic hydroxyl groups excluding tert-OH is 1. The standard InChI is InChI=1S/C10H17N3O3/c11-7(5-14)8(15)13-3-1-10(2-4-13)6-12-9(10)16/h7,14H,1-6,11H2,(H,12,16)/t7-/m0/s1. The number of β-lactam (4-membered cyclic amide) rings is 1. The summed E-state index contributed by atoms with van der Waals surface area (Å²) in [6.07, 6.45) is 1.39. The van der Waals surface area contributed by atoms with Crippen LogP contribution in [-0.4, -0.2) is 54.1 Å². The molecule has 6 nitrogen and oxygen atoms in total. The highest BCUT2D eigenvalue weighted by Crippen LogP contribution is 2.36. The van der Waals surface area contributed by atoms with Gasteiger partial charge in [0.1, 0.15) is 6.04 Å². The van der Waals surface area contributed by atoms with Crippen molar-refractivity contribution in [3.8, 4) is 0 Å². The van der Waals surface area contributed by atoms with E-state index in [4.69, 9.17) is 10.8 Å². The summed E-state index contributed by atoms with van der Waals surface area (Å²) in [5.74, 6) is -0.122. The van der Waals surface area contributed by atoms with Crippen LogP contribution >= 0.6 is 0 Å². The maximum absolute atomic E-state index is 11.7. The Labute approximate surface area is 93.8 Å². The SMILES string of the molecule is N[C@@H](CO)C(=O)N1CCC2(CC1)CNC2=O. The number of carbonyl (C=O) groups is 2. The second kappa shape index (κ2) is 4.03. The number of carbonyl (C=O) groups excluding carboxylic acids is 2. The maximum atomic E-state index is 11.7. The zero-order valence-electron chi connectivity index (χ0n) is 9.11. The number of nitrogens with two attached hydrogens (primary N) is 1. The molecular weight excluding hydrogens is 210 g/mol. The number of hydrogen-bond donors (Lipinski definition) is 3. The van der Waals surface area contributed by atoms with Crippen LogP contribution in [0.3, 0.4) is 0 Å². The molecule has 0 saturated carbocycles. The Morgan fingerprint density at radius 3 is 2.56 bits per heavy atom. The molecule has 2 heterocycles. The van der Waals surface area contributed by atoms with Crippen molar-refractivity contribution < 1.29 is 14.7 Å². The van der Waals surface area contributed by atoms with Gasteiger partial charge in [0.2, 0.25) is 11.8 Å². The molecule has 0 aromatic heterocycles. The molecule has 2 saturated heterocycles. The second-order valence-electron chi connectivity index (χ2n) is 4.58. The van der Waals surface area contributed by atoms with Crippen molar-refractivity contribution in [1.29, 1.82) is 0 Å². The number of hydrogen-bond acceptors (Lipinski definition) is 4. The average Bonchev–Trinajstić information content (AvgIpc) is 2.35. The van der Waals surface area contributed by atoms with Crippen LogP contribution in [0.15, 0.2) is 0 Å². The van der Waals surface area contributed by atoms with Crippen LogP contribution in [0.25, 0.3) is 0 Å². The fraction of sp³-hybridized carbons (Fsp3) is 0.800. The van der Waals surface area contributed by atoms with E-state index in [-0.39, 0.29) is 23.8 Å². The summed E-state index contributed by atoms with van der Waals surface area (Å²) in [6.45, 7) is 1.50. The van der Waals surface area contributed by atoms with Crippen molar-refractivity contribution in [2.45, 2.75) is 18.9 Å².